The Labute approximate surface area is 88.2 Å². The molecule has 1 atom stereocenters. The van der Waals surface area contributed by atoms with Crippen molar-refractivity contribution in [3.8, 4) is 0 Å². The van der Waals surface area contributed by atoms with Crippen molar-refractivity contribution in [1.29, 1.82) is 0 Å². The van der Waals surface area contributed by atoms with E-state index in [-0.39, 0.29) is 11.6 Å². The van der Waals surface area contributed by atoms with E-state index < -0.39 is 0 Å². The van der Waals surface area contributed by atoms with E-state index >= 15 is 0 Å². The molecule has 15 heavy (non-hydrogen) atoms. The molecule has 4 nitrogen and oxygen atoms in total. The molecule has 1 aromatic carbocycles. The second-order valence-electron chi connectivity index (χ2n) is 3.64. The third-order valence-electron chi connectivity index (χ3n) is 2.43. The first-order chi connectivity index (χ1) is 7.11. The van der Waals surface area contributed by atoms with Crippen molar-refractivity contribution in [3.05, 3.63) is 40.4 Å². The average molecular weight is 201 g/mol. The van der Waals surface area contributed by atoms with Crippen LogP contribution in [0.1, 0.15) is 18.8 Å². The van der Waals surface area contributed by atoms with Crippen molar-refractivity contribution in [3.63, 3.8) is 0 Å². The molecule has 2 aromatic rings. The molecule has 0 amide bonds. The van der Waals surface area contributed by atoms with Crippen molar-refractivity contribution in [1.82, 2.24) is 9.46 Å². The summed E-state index contributed by atoms with van der Waals surface area (Å²) >= 11 is 0. The highest BCUT2D eigenvalue weighted by atomic mass is 16.1. The lowest BCUT2D eigenvalue weighted by Crippen LogP contribution is -2.27. The predicted molar refractivity (Wildman–Crippen MR) is 62.5 cm³/mol. The van der Waals surface area contributed by atoms with Gasteiger partial charge in [0, 0.05) is 0 Å². The molecule has 2 N–H and O–H groups in total. The van der Waals surface area contributed by atoms with Crippen molar-refractivity contribution >= 4 is 18.9 Å². The van der Waals surface area contributed by atoms with Gasteiger partial charge in [-0.25, -0.2) is 4.98 Å². The number of benzene rings is 1. The van der Waals surface area contributed by atoms with Crippen molar-refractivity contribution in [2.24, 2.45) is 5.73 Å². The molecule has 76 valence electrons. The molecular weight excluding hydrogens is 189 g/mol. The molecule has 0 aliphatic rings. The summed E-state index contributed by atoms with van der Waals surface area (Å²) in [4.78, 5) is 16.3. The summed E-state index contributed by atoms with van der Waals surface area (Å²) in [6.07, 6.45) is 0. The Morgan fingerprint density at radius 2 is 2.13 bits per heavy atom. The number of nitrogens with zero attached hydrogens (tertiary/aromatic N) is 2. The Morgan fingerprint density at radius 1 is 1.47 bits per heavy atom. The normalized spacial score (nSPS) is 12.9. The fourth-order valence-corrected chi connectivity index (χ4v) is 1.64. The standard InChI is InChI=1S/C10H12BN3O/c1-6(12)9-13-8-5-3-2-4-7(8)10(15)14(9)11/h2-6H,11-12H2,1H3/t6-/m0/s1. The van der Waals surface area contributed by atoms with Gasteiger partial charge in [-0.05, 0) is 19.1 Å². The average Bonchev–Trinajstić information content (AvgIpc) is 2.23. The van der Waals surface area contributed by atoms with E-state index in [0.717, 1.165) is 0 Å². The largest absolute Gasteiger partial charge is 0.348 e. The van der Waals surface area contributed by atoms with Gasteiger partial charge in [-0.1, -0.05) is 12.1 Å². The molecule has 1 aromatic heterocycles. The summed E-state index contributed by atoms with van der Waals surface area (Å²) in [5, 5.41) is 0.629. The van der Waals surface area contributed by atoms with E-state index in [2.05, 4.69) is 4.98 Å². The highest BCUT2D eigenvalue weighted by Crippen LogP contribution is 2.10. The van der Waals surface area contributed by atoms with Gasteiger partial charge in [0.25, 0.3) is 0 Å². The fourth-order valence-electron chi connectivity index (χ4n) is 1.64. The Balaban J connectivity index is 2.89. The molecule has 1 heterocycles. The summed E-state index contributed by atoms with van der Waals surface area (Å²) in [5.74, 6) is 0.610. The summed E-state index contributed by atoms with van der Waals surface area (Å²) in [7, 11) is 1.69. The van der Waals surface area contributed by atoms with Crippen LogP contribution in [0.2, 0.25) is 0 Å². The summed E-state index contributed by atoms with van der Waals surface area (Å²) < 4.78 is 1.51. The lowest BCUT2D eigenvalue weighted by atomic mass is 10.2. The maximum absolute atomic E-state index is 11.9. The first-order valence-corrected chi connectivity index (χ1v) is 4.82. The van der Waals surface area contributed by atoms with Crippen LogP contribution in [0.15, 0.2) is 29.1 Å². The molecule has 0 radical (unpaired) electrons. The van der Waals surface area contributed by atoms with Crippen LogP contribution in [0.3, 0.4) is 0 Å². The molecule has 2 rings (SSSR count). The van der Waals surface area contributed by atoms with Crippen LogP contribution >= 0.6 is 0 Å². The van der Waals surface area contributed by atoms with Gasteiger partial charge in [-0.2, -0.15) is 0 Å². The van der Waals surface area contributed by atoms with E-state index in [4.69, 9.17) is 5.73 Å². The minimum atomic E-state index is -0.243. The van der Waals surface area contributed by atoms with Crippen LogP contribution < -0.4 is 11.3 Å². The summed E-state index contributed by atoms with van der Waals surface area (Å²) in [5.41, 5.74) is 6.41. The third kappa shape index (κ3) is 1.55. The van der Waals surface area contributed by atoms with Gasteiger partial charge in [0.05, 0.1) is 16.9 Å². The Morgan fingerprint density at radius 3 is 2.80 bits per heavy atom. The highest BCUT2D eigenvalue weighted by molar-refractivity contribution is 6.07. The summed E-state index contributed by atoms with van der Waals surface area (Å²) in [6.45, 7) is 1.82. The lowest BCUT2D eigenvalue weighted by Gasteiger charge is -2.11. The zero-order valence-corrected chi connectivity index (χ0v) is 8.77. The van der Waals surface area contributed by atoms with Gasteiger partial charge in [0.1, 0.15) is 5.82 Å². The van der Waals surface area contributed by atoms with Crippen LogP contribution in [0.4, 0.5) is 0 Å². The van der Waals surface area contributed by atoms with Crippen molar-refractivity contribution in [2.75, 3.05) is 0 Å². The van der Waals surface area contributed by atoms with Crippen LogP contribution in [0.25, 0.3) is 10.9 Å². The van der Waals surface area contributed by atoms with E-state index in [1.54, 1.807) is 14.0 Å². The van der Waals surface area contributed by atoms with Crippen LogP contribution in [-0.2, 0) is 0 Å². The SMILES string of the molecule is Bn1c([C@H](C)N)nc2ccccc2c1=O. The Kier molecular flexibility index (Phi) is 2.32. The number of rotatable bonds is 1. The monoisotopic (exact) mass is 201 g/mol. The molecule has 0 saturated carbocycles. The van der Waals surface area contributed by atoms with Gasteiger partial charge >= 0.3 is 0 Å². The van der Waals surface area contributed by atoms with Gasteiger partial charge in [-0.3, -0.25) is 4.79 Å². The molecule has 0 aliphatic heterocycles. The number of aromatic nitrogens is 2. The van der Waals surface area contributed by atoms with E-state index in [1.807, 2.05) is 25.1 Å². The molecule has 0 fully saturated rings. The lowest BCUT2D eigenvalue weighted by molar-refractivity contribution is 0.722. The molecule has 0 bridgehead atoms. The Hall–Kier alpha value is -1.62. The molecule has 0 unspecified atom stereocenters. The minimum absolute atomic E-state index is 0.0482. The quantitative estimate of drug-likeness (QED) is 0.650. The van der Waals surface area contributed by atoms with Gasteiger partial charge in [-0.15, -0.1) is 0 Å². The Bertz CT molecular complexity index is 562. The molecule has 5 heteroatoms. The number of hydrogen-bond donors (Lipinski definition) is 1. The third-order valence-corrected chi connectivity index (χ3v) is 2.43. The van der Waals surface area contributed by atoms with E-state index in [1.165, 1.54) is 4.48 Å². The van der Waals surface area contributed by atoms with Crippen LogP contribution in [0.5, 0.6) is 0 Å². The maximum atomic E-state index is 11.9. The second kappa shape index (κ2) is 3.51. The number of fused-ring (bicyclic) bond motifs is 1. The van der Waals surface area contributed by atoms with Crippen LogP contribution in [-0.4, -0.2) is 17.4 Å². The smallest absolute Gasteiger partial charge is 0.248 e. The second-order valence-corrected chi connectivity index (χ2v) is 3.64. The predicted octanol–water partition coefficient (Wildman–Crippen LogP) is -0.188. The van der Waals surface area contributed by atoms with E-state index in [0.29, 0.717) is 16.7 Å². The van der Waals surface area contributed by atoms with Crippen molar-refractivity contribution < 1.29 is 0 Å². The zero-order valence-electron chi connectivity index (χ0n) is 8.77. The topological polar surface area (TPSA) is 60.9 Å². The molecule has 0 aliphatic carbocycles. The van der Waals surface area contributed by atoms with Gasteiger partial charge in [0.15, 0.2) is 0 Å². The first kappa shape index (κ1) is 9.92. The van der Waals surface area contributed by atoms with Gasteiger partial charge < -0.3 is 10.2 Å². The van der Waals surface area contributed by atoms with Gasteiger partial charge in [0.2, 0.25) is 13.5 Å². The fraction of sp³-hybridized carbons (Fsp3) is 0.200. The van der Waals surface area contributed by atoms with Crippen molar-refractivity contribution in [2.45, 2.75) is 13.0 Å². The number of para-hydroxylation sites is 1. The molecule has 0 saturated heterocycles. The first-order valence-electron chi connectivity index (χ1n) is 4.82. The highest BCUT2D eigenvalue weighted by Gasteiger charge is 2.09. The minimum Gasteiger partial charge on any atom is -0.348 e. The summed E-state index contributed by atoms with van der Waals surface area (Å²) in [6, 6.07) is 7.04. The van der Waals surface area contributed by atoms with E-state index in [9.17, 15) is 4.79 Å². The zero-order chi connectivity index (χ0) is 11.0. The maximum Gasteiger partial charge on any atom is 0.248 e. The number of nitrogens with two attached hydrogens (primary N) is 1. The van der Waals surface area contributed by atoms with Crippen LogP contribution in [0, 0.1) is 0 Å². The molecule has 0 spiro atoms. The number of hydrogen-bond acceptors (Lipinski definition) is 3. The molecular formula is C10H12BN3O.